The minimum Gasteiger partial charge on any atom is -0.495 e. The molecular weight excluding hydrogens is 186 g/mol. The van der Waals surface area contributed by atoms with Crippen LogP contribution in [0.25, 0.3) is 0 Å². The van der Waals surface area contributed by atoms with Crippen molar-refractivity contribution >= 4 is 11.6 Å². The first-order valence-corrected chi connectivity index (χ1v) is 4.72. The van der Waals surface area contributed by atoms with Gasteiger partial charge in [-0.2, -0.15) is 0 Å². The smallest absolute Gasteiger partial charge is 0.137 e. The summed E-state index contributed by atoms with van der Waals surface area (Å²) < 4.78 is 5.13. The van der Waals surface area contributed by atoms with Crippen molar-refractivity contribution in [2.45, 2.75) is 18.9 Å². The highest BCUT2D eigenvalue weighted by Gasteiger charge is 2.22. The van der Waals surface area contributed by atoms with E-state index < -0.39 is 0 Å². The van der Waals surface area contributed by atoms with E-state index in [0.29, 0.717) is 0 Å². The van der Waals surface area contributed by atoms with Crippen LogP contribution < -0.4 is 10.5 Å². The highest BCUT2D eigenvalue weighted by Crippen LogP contribution is 2.38. The fourth-order valence-electron chi connectivity index (χ4n) is 1.83. The maximum atomic E-state index is 6.14. The van der Waals surface area contributed by atoms with E-state index >= 15 is 0 Å². The summed E-state index contributed by atoms with van der Waals surface area (Å²) in [6.45, 7) is 0. The maximum absolute atomic E-state index is 6.14. The molecule has 0 amide bonds. The van der Waals surface area contributed by atoms with Gasteiger partial charge in [0, 0.05) is 6.04 Å². The molecule has 13 heavy (non-hydrogen) atoms. The molecule has 0 fully saturated rings. The highest BCUT2D eigenvalue weighted by molar-refractivity contribution is 6.33. The van der Waals surface area contributed by atoms with Gasteiger partial charge in [0.05, 0.1) is 12.1 Å². The van der Waals surface area contributed by atoms with Gasteiger partial charge in [-0.3, -0.25) is 0 Å². The zero-order valence-electron chi connectivity index (χ0n) is 7.51. The van der Waals surface area contributed by atoms with Crippen LogP contribution in [0.5, 0.6) is 5.75 Å². The Balaban J connectivity index is 2.54. The summed E-state index contributed by atoms with van der Waals surface area (Å²) in [5, 5.41) is 0.730. The summed E-state index contributed by atoms with van der Waals surface area (Å²) >= 11 is 6.14. The van der Waals surface area contributed by atoms with E-state index in [0.717, 1.165) is 29.2 Å². The first-order chi connectivity index (χ1) is 6.24. The summed E-state index contributed by atoms with van der Waals surface area (Å²) in [5.41, 5.74) is 8.24. The number of halogens is 1. The molecule has 0 saturated heterocycles. The average molecular weight is 198 g/mol. The fraction of sp³-hybridized carbons (Fsp3) is 0.400. The molecule has 1 unspecified atom stereocenters. The Labute approximate surface area is 82.6 Å². The third kappa shape index (κ3) is 1.30. The molecule has 1 aromatic rings. The minimum absolute atomic E-state index is 0.151. The van der Waals surface area contributed by atoms with Crippen molar-refractivity contribution in [1.29, 1.82) is 0 Å². The molecule has 70 valence electrons. The molecule has 0 aliphatic heterocycles. The summed E-state index contributed by atoms with van der Waals surface area (Å²) in [5.74, 6) is 0.745. The first kappa shape index (κ1) is 8.85. The Bertz CT molecular complexity index is 338. The van der Waals surface area contributed by atoms with Crippen molar-refractivity contribution < 1.29 is 4.74 Å². The second-order valence-corrected chi connectivity index (χ2v) is 3.67. The van der Waals surface area contributed by atoms with Gasteiger partial charge in [-0.05, 0) is 30.0 Å². The van der Waals surface area contributed by atoms with Crippen molar-refractivity contribution in [2.75, 3.05) is 7.11 Å². The van der Waals surface area contributed by atoms with Gasteiger partial charge in [-0.25, -0.2) is 0 Å². The summed E-state index contributed by atoms with van der Waals surface area (Å²) in [4.78, 5) is 0. The molecule has 1 atom stereocenters. The number of hydrogen-bond donors (Lipinski definition) is 1. The van der Waals surface area contributed by atoms with Gasteiger partial charge in [0.1, 0.15) is 5.75 Å². The predicted molar refractivity (Wildman–Crippen MR) is 53.3 cm³/mol. The van der Waals surface area contributed by atoms with Crippen molar-refractivity contribution in [3.63, 3.8) is 0 Å². The topological polar surface area (TPSA) is 35.2 Å². The van der Waals surface area contributed by atoms with Crippen LogP contribution in [-0.2, 0) is 6.42 Å². The summed E-state index contributed by atoms with van der Waals surface area (Å²) in [7, 11) is 1.63. The lowest BCUT2D eigenvalue weighted by Gasteiger charge is -2.09. The lowest BCUT2D eigenvalue weighted by atomic mass is 10.1. The van der Waals surface area contributed by atoms with Crippen LogP contribution in [0, 0.1) is 0 Å². The largest absolute Gasteiger partial charge is 0.495 e. The van der Waals surface area contributed by atoms with Gasteiger partial charge in [0.2, 0.25) is 0 Å². The molecule has 0 bridgehead atoms. The molecular formula is C10H12ClNO. The first-order valence-electron chi connectivity index (χ1n) is 4.35. The SMILES string of the molecule is COc1ccc2c(c1Cl)CCC2N. The Morgan fingerprint density at radius 2 is 2.31 bits per heavy atom. The molecule has 1 aromatic carbocycles. The molecule has 0 radical (unpaired) electrons. The van der Waals surface area contributed by atoms with Crippen molar-refractivity contribution in [3.05, 3.63) is 28.3 Å². The number of methoxy groups -OCH3 is 1. The van der Waals surface area contributed by atoms with Crippen LogP contribution >= 0.6 is 11.6 Å². The molecule has 0 saturated carbocycles. The van der Waals surface area contributed by atoms with E-state index in [2.05, 4.69) is 0 Å². The lowest BCUT2D eigenvalue weighted by molar-refractivity contribution is 0.414. The van der Waals surface area contributed by atoms with Gasteiger partial charge in [0.25, 0.3) is 0 Å². The minimum atomic E-state index is 0.151. The molecule has 1 aliphatic rings. The van der Waals surface area contributed by atoms with Crippen LogP contribution in [-0.4, -0.2) is 7.11 Å². The van der Waals surface area contributed by atoms with Gasteiger partial charge in [0.15, 0.2) is 0 Å². The number of ether oxygens (including phenoxy) is 1. The van der Waals surface area contributed by atoms with Gasteiger partial charge >= 0.3 is 0 Å². The maximum Gasteiger partial charge on any atom is 0.137 e. The van der Waals surface area contributed by atoms with E-state index in [1.807, 2.05) is 12.1 Å². The number of fused-ring (bicyclic) bond motifs is 1. The van der Waals surface area contributed by atoms with Crippen LogP contribution in [0.4, 0.5) is 0 Å². The van der Waals surface area contributed by atoms with Gasteiger partial charge in [-0.1, -0.05) is 17.7 Å². The monoisotopic (exact) mass is 197 g/mol. The number of rotatable bonds is 1. The summed E-state index contributed by atoms with van der Waals surface area (Å²) in [6.07, 6.45) is 1.95. The van der Waals surface area contributed by atoms with E-state index in [-0.39, 0.29) is 6.04 Å². The van der Waals surface area contributed by atoms with Crippen LogP contribution in [0.15, 0.2) is 12.1 Å². The van der Waals surface area contributed by atoms with E-state index in [9.17, 15) is 0 Å². The quantitative estimate of drug-likeness (QED) is 0.750. The number of nitrogens with two attached hydrogens (primary N) is 1. The number of hydrogen-bond acceptors (Lipinski definition) is 2. The Morgan fingerprint density at radius 1 is 1.54 bits per heavy atom. The zero-order chi connectivity index (χ0) is 9.42. The molecule has 3 heteroatoms. The highest BCUT2D eigenvalue weighted by atomic mass is 35.5. The fourth-order valence-corrected chi connectivity index (χ4v) is 2.17. The standard InChI is InChI=1S/C10H12ClNO/c1-13-9-5-3-6-7(10(9)11)2-4-8(6)12/h3,5,8H,2,4,12H2,1H3. The van der Waals surface area contributed by atoms with Crippen LogP contribution in [0.2, 0.25) is 5.02 Å². The molecule has 2 rings (SSSR count). The normalized spacial score (nSPS) is 20.1. The van der Waals surface area contributed by atoms with E-state index in [4.69, 9.17) is 22.1 Å². The third-order valence-corrected chi connectivity index (χ3v) is 2.98. The second-order valence-electron chi connectivity index (χ2n) is 3.29. The molecule has 1 aliphatic carbocycles. The molecule has 0 heterocycles. The average Bonchev–Trinajstić information content (AvgIpc) is 2.50. The number of benzene rings is 1. The van der Waals surface area contributed by atoms with E-state index in [1.54, 1.807) is 7.11 Å². The third-order valence-electron chi connectivity index (χ3n) is 2.57. The lowest BCUT2D eigenvalue weighted by Crippen LogP contribution is -2.05. The molecule has 0 aromatic heterocycles. The van der Waals surface area contributed by atoms with Gasteiger partial charge in [-0.15, -0.1) is 0 Å². The Hall–Kier alpha value is -0.730. The van der Waals surface area contributed by atoms with Crippen molar-refractivity contribution in [2.24, 2.45) is 5.73 Å². The molecule has 0 spiro atoms. The van der Waals surface area contributed by atoms with Crippen molar-refractivity contribution in [3.8, 4) is 5.75 Å². The Morgan fingerprint density at radius 3 is 3.00 bits per heavy atom. The molecule has 2 nitrogen and oxygen atoms in total. The van der Waals surface area contributed by atoms with Crippen LogP contribution in [0.3, 0.4) is 0 Å². The van der Waals surface area contributed by atoms with Gasteiger partial charge < -0.3 is 10.5 Å². The van der Waals surface area contributed by atoms with Crippen LogP contribution in [0.1, 0.15) is 23.6 Å². The Kier molecular flexibility index (Phi) is 2.18. The van der Waals surface area contributed by atoms with E-state index in [1.165, 1.54) is 5.56 Å². The van der Waals surface area contributed by atoms with Crippen molar-refractivity contribution in [1.82, 2.24) is 0 Å². The predicted octanol–water partition coefficient (Wildman–Crippen LogP) is 2.29. The molecule has 2 N–H and O–H groups in total. The zero-order valence-corrected chi connectivity index (χ0v) is 8.27. The second kappa shape index (κ2) is 3.20. The summed E-state index contributed by atoms with van der Waals surface area (Å²) in [6, 6.07) is 4.04.